The van der Waals surface area contributed by atoms with E-state index in [-0.39, 0.29) is 18.8 Å². The van der Waals surface area contributed by atoms with Crippen LogP contribution in [0.1, 0.15) is 42.1 Å². The van der Waals surface area contributed by atoms with Crippen molar-refractivity contribution in [1.82, 2.24) is 16.1 Å². The summed E-state index contributed by atoms with van der Waals surface area (Å²) in [5, 5.41) is 29.0. The minimum absolute atomic E-state index is 0.149. The Bertz CT molecular complexity index is 1580. The third-order valence-electron chi connectivity index (χ3n) is 6.52. The third kappa shape index (κ3) is 8.05. The first-order chi connectivity index (χ1) is 21.3. The maximum atomic E-state index is 12.4. The highest BCUT2D eigenvalue weighted by Crippen LogP contribution is 2.35. The van der Waals surface area contributed by atoms with Crippen molar-refractivity contribution in [2.24, 2.45) is 5.10 Å². The van der Waals surface area contributed by atoms with Gasteiger partial charge in [-0.15, -0.1) is 0 Å². The molecule has 0 bridgehead atoms. The molecular formula is C32H33N5O7. The molecule has 1 heterocycles. The van der Waals surface area contributed by atoms with E-state index in [2.05, 4.69) is 27.2 Å². The first kappa shape index (κ1) is 31.4. The summed E-state index contributed by atoms with van der Waals surface area (Å²) in [7, 11) is 1.27. The fourth-order valence-corrected chi connectivity index (χ4v) is 4.39. The first-order valence-electron chi connectivity index (χ1n) is 13.8. The molecule has 1 aliphatic heterocycles. The maximum absolute atomic E-state index is 12.4. The molecule has 0 spiro atoms. The number of esters is 1. The summed E-state index contributed by atoms with van der Waals surface area (Å²) in [6.07, 6.45) is 0.406. The van der Waals surface area contributed by atoms with Crippen molar-refractivity contribution in [2.75, 3.05) is 20.3 Å². The normalized spacial score (nSPS) is 15.1. The largest absolute Gasteiger partial charge is 0.490 e. The van der Waals surface area contributed by atoms with Gasteiger partial charge < -0.3 is 34.7 Å². The van der Waals surface area contributed by atoms with Crippen LogP contribution in [0.25, 0.3) is 0 Å². The smallest absolute Gasteiger partial charge is 0.337 e. The van der Waals surface area contributed by atoms with E-state index < -0.39 is 24.3 Å². The maximum Gasteiger partial charge on any atom is 0.337 e. The number of rotatable bonds is 13. The third-order valence-corrected chi connectivity index (χ3v) is 6.52. The molecule has 0 saturated carbocycles. The van der Waals surface area contributed by atoms with Crippen LogP contribution in [-0.2, 0) is 16.1 Å². The number of amides is 2. The summed E-state index contributed by atoms with van der Waals surface area (Å²) in [6.45, 7) is 3.89. The lowest BCUT2D eigenvalue weighted by molar-refractivity contribution is -0.136. The minimum atomic E-state index is -1.14. The zero-order valence-corrected chi connectivity index (χ0v) is 24.5. The molecule has 2 amide bonds. The highest BCUT2D eigenvalue weighted by Gasteiger charge is 2.32. The molecule has 0 aliphatic carbocycles. The molecule has 1 aliphatic rings. The van der Waals surface area contributed by atoms with Gasteiger partial charge in [0.2, 0.25) is 0 Å². The van der Waals surface area contributed by atoms with Crippen LogP contribution in [0.15, 0.2) is 83.1 Å². The Morgan fingerprint density at radius 1 is 1.11 bits per heavy atom. The van der Waals surface area contributed by atoms with Gasteiger partial charge in [0.05, 0.1) is 43.2 Å². The van der Waals surface area contributed by atoms with Crippen LogP contribution in [0.3, 0.4) is 0 Å². The Morgan fingerprint density at radius 2 is 1.89 bits per heavy atom. The van der Waals surface area contributed by atoms with Crippen molar-refractivity contribution in [1.29, 1.82) is 5.26 Å². The zero-order chi connectivity index (χ0) is 31.5. The van der Waals surface area contributed by atoms with Gasteiger partial charge in [-0.25, -0.2) is 9.59 Å². The van der Waals surface area contributed by atoms with Crippen molar-refractivity contribution in [3.63, 3.8) is 0 Å². The van der Waals surface area contributed by atoms with E-state index in [0.29, 0.717) is 40.7 Å². The highest BCUT2D eigenvalue weighted by molar-refractivity contribution is 5.95. The number of nitrogens with one attached hydrogen (secondary N) is 3. The highest BCUT2D eigenvalue weighted by atomic mass is 16.5. The number of hydrazone groups is 1. The topological polar surface area (TPSA) is 164 Å². The Morgan fingerprint density at radius 3 is 2.61 bits per heavy atom. The molecule has 12 heteroatoms. The predicted octanol–water partition coefficient (Wildman–Crippen LogP) is 3.66. The number of hydrogen-bond donors (Lipinski definition) is 4. The molecule has 228 valence electrons. The lowest BCUT2D eigenvalue weighted by atomic mass is 9.95. The number of hydrogen-bond acceptors (Lipinski definition) is 10. The van der Waals surface area contributed by atoms with E-state index >= 15 is 0 Å². The standard InChI is InChI=1S/C32H33N5O7/c1-4-42-27-15-22(30-29(31(39)41-3)20(2)35-32(40)36-30)11-14-26(27)44-19-28(38)37-34-17-21-9-12-25(13-10-21)43-18-24-8-6-5-7-23(24)16-33/h5-15,17,28,30,37-38H,4,18-19H2,1-3H3,(H2,35,36,40)/b34-17-/t28-,30-/m1/s1. The quantitative estimate of drug-likeness (QED) is 0.0994. The number of methoxy groups -OCH3 is 1. The van der Waals surface area contributed by atoms with Gasteiger partial charge in [-0.2, -0.15) is 10.4 Å². The molecule has 0 unspecified atom stereocenters. The molecule has 3 aromatic carbocycles. The van der Waals surface area contributed by atoms with Gasteiger partial charge in [-0.1, -0.05) is 24.3 Å². The van der Waals surface area contributed by atoms with E-state index in [9.17, 15) is 20.0 Å². The average Bonchev–Trinajstić information content (AvgIpc) is 3.03. The number of nitriles is 1. The molecule has 0 aromatic heterocycles. The number of aliphatic hydroxyl groups excluding tert-OH is 1. The van der Waals surface area contributed by atoms with Crippen LogP contribution >= 0.6 is 0 Å². The Balaban J connectivity index is 1.32. The minimum Gasteiger partial charge on any atom is -0.490 e. The van der Waals surface area contributed by atoms with Gasteiger partial charge in [-0.05, 0) is 67.4 Å². The fourth-order valence-electron chi connectivity index (χ4n) is 4.39. The molecule has 12 nitrogen and oxygen atoms in total. The number of aliphatic hydroxyl groups is 1. The number of nitrogens with zero attached hydrogens (tertiary/aromatic N) is 2. The summed E-state index contributed by atoms with van der Waals surface area (Å²) >= 11 is 0. The molecule has 0 radical (unpaired) electrons. The Hall–Kier alpha value is -5.54. The number of benzene rings is 3. The van der Waals surface area contributed by atoms with Crippen molar-refractivity contribution in [2.45, 2.75) is 32.7 Å². The summed E-state index contributed by atoms with van der Waals surface area (Å²) in [5.74, 6) is 0.792. The first-order valence-corrected chi connectivity index (χ1v) is 13.8. The predicted molar refractivity (Wildman–Crippen MR) is 161 cm³/mol. The van der Waals surface area contributed by atoms with Crippen LogP contribution in [0.4, 0.5) is 4.79 Å². The Labute approximate surface area is 254 Å². The zero-order valence-electron chi connectivity index (χ0n) is 24.5. The van der Waals surface area contributed by atoms with Crippen LogP contribution < -0.4 is 30.3 Å². The van der Waals surface area contributed by atoms with Crippen LogP contribution in [-0.4, -0.2) is 49.9 Å². The van der Waals surface area contributed by atoms with Crippen LogP contribution in [0, 0.1) is 11.3 Å². The van der Waals surface area contributed by atoms with Gasteiger partial charge in [0.1, 0.15) is 19.0 Å². The molecule has 4 rings (SSSR count). The van der Waals surface area contributed by atoms with E-state index in [0.717, 1.165) is 11.1 Å². The average molecular weight is 600 g/mol. The van der Waals surface area contributed by atoms with Crippen molar-refractivity contribution < 1.29 is 33.6 Å². The fraction of sp³-hybridized carbons (Fsp3) is 0.250. The van der Waals surface area contributed by atoms with E-state index in [4.69, 9.17) is 18.9 Å². The van der Waals surface area contributed by atoms with Crippen molar-refractivity contribution in [3.8, 4) is 23.3 Å². The van der Waals surface area contributed by atoms with Gasteiger partial charge in [0, 0.05) is 11.3 Å². The van der Waals surface area contributed by atoms with Gasteiger partial charge in [0.25, 0.3) is 0 Å². The molecule has 0 saturated heterocycles. The Kier molecular flexibility index (Phi) is 10.8. The van der Waals surface area contributed by atoms with E-state index in [1.165, 1.54) is 7.11 Å². The molecule has 4 N–H and O–H groups in total. The molecule has 44 heavy (non-hydrogen) atoms. The van der Waals surface area contributed by atoms with Crippen LogP contribution in [0.2, 0.25) is 0 Å². The number of allylic oxidation sites excluding steroid dienone is 1. The summed E-state index contributed by atoms with van der Waals surface area (Å²) in [6, 6.07) is 20.4. The van der Waals surface area contributed by atoms with Crippen molar-refractivity contribution >= 4 is 18.2 Å². The van der Waals surface area contributed by atoms with Gasteiger partial charge >= 0.3 is 12.0 Å². The monoisotopic (exact) mass is 599 g/mol. The second kappa shape index (κ2) is 15.1. The van der Waals surface area contributed by atoms with Crippen LogP contribution in [0.5, 0.6) is 17.2 Å². The van der Waals surface area contributed by atoms with Crippen molar-refractivity contribution in [3.05, 3.63) is 100 Å². The summed E-state index contributed by atoms with van der Waals surface area (Å²) in [5.41, 5.74) is 6.00. The molecule has 0 fully saturated rings. The van der Waals surface area contributed by atoms with E-state index in [1.807, 2.05) is 37.3 Å². The van der Waals surface area contributed by atoms with E-state index in [1.54, 1.807) is 49.5 Å². The second-order valence-electron chi connectivity index (χ2n) is 9.54. The molecule has 2 atom stereocenters. The van der Waals surface area contributed by atoms with Gasteiger partial charge in [0.15, 0.2) is 17.7 Å². The molecule has 3 aromatic rings. The second-order valence-corrected chi connectivity index (χ2v) is 9.54. The lowest BCUT2D eigenvalue weighted by Crippen LogP contribution is -2.45. The summed E-state index contributed by atoms with van der Waals surface area (Å²) in [4.78, 5) is 24.6. The summed E-state index contributed by atoms with van der Waals surface area (Å²) < 4.78 is 22.2. The molecular weight excluding hydrogens is 566 g/mol. The lowest BCUT2D eigenvalue weighted by Gasteiger charge is -2.28. The number of carbonyl (C=O) groups is 2. The van der Waals surface area contributed by atoms with Gasteiger partial charge in [-0.3, -0.25) is 5.43 Å². The SMILES string of the molecule is CCOc1cc([C@H]2NC(=O)NC(C)=C2C(=O)OC)ccc1OC[C@@H](O)N/N=C\c1ccc(OCc2ccccc2C#N)cc1. The number of urea groups is 1. The number of ether oxygens (including phenoxy) is 4. The number of carbonyl (C=O) groups excluding carboxylic acids is 2.